The number of hydrogen-bond donors (Lipinski definition) is 1. The lowest BCUT2D eigenvalue weighted by Gasteiger charge is -2.34. The fourth-order valence-electron chi connectivity index (χ4n) is 2.97. The Hall–Kier alpha value is -2.58. The SMILES string of the molecule is CC(C)[C@](O)(Cn1cncn1)c1cc(Oc2ccc(Cl)cc2)ccc1C(F)(F)F. The van der Waals surface area contributed by atoms with Crippen molar-refractivity contribution in [3.8, 4) is 11.5 Å². The summed E-state index contributed by atoms with van der Waals surface area (Å²) >= 11 is 5.85. The summed E-state index contributed by atoms with van der Waals surface area (Å²) in [4.78, 5) is 3.79. The van der Waals surface area contributed by atoms with Crippen molar-refractivity contribution < 1.29 is 23.0 Å². The van der Waals surface area contributed by atoms with Crippen molar-refractivity contribution in [2.75, 3.05) is 0 Å². The van der Waals surface area contributed by atoms with Crippen molar-refractivity contribution in [2.45, 2.75) is 32.2 Å². The molecule has 5 nitrogen and oxygen atoms in total. The summed E-state index contributed by atoms with van der Waals surface area (Å²) in [6.07, 6.45) is -2.06. The highest BCUT2D eigenvalue weighted by Gasteiger charge is 2.43. The number of nitrogens with zero attached hydrogens (tertiary/aromatic N) is 3. The minimum absolute atomic E-state index is 0.160. The Labute approximate surface area is 170 Å². The predicted molar refractivity (Wildman–Crippen MR) is 102 cm³/mol. The van der Waals surface area contributed by atoms with Crippen LogP contribution < -0.4 is 4.74 Å². The van der Waals surface area contributed by atoms with Crippen molar-refractivity contribution in [3.05, 3.63) is 71.3 Å². The molecule has 3 rings (SSSR count). The summed E-state index contributed by atoms with van der Waals surface area (Å²) in [6, 6.07) is 9.77. The van der Waals surface area contributed by atoms with Crippen LogP contribution >= 0.6 is 11.6 Å². The highest BCUT2D eigenvalue weighted by Crippen LogP contribution is 2.42. The fraction of sp³-hybridized carbons (Fsp3) is 0.300. The number of aromatic nitrogens is 3. The van der Waals surface area contributed by atoms with Crippen molar-refractivity contribution >= 4 is 11.6 Å². The minimum Gasteiger partial charge on any atom is -0.457 e. The predicted octanol–water partition coefficient (Wildman–Crippen LogP) is 5.29. The largest absolute Gasteiger partial charge is 0.457 e. The maximum atomic E-state index is 13.7. The van der Waals surface area contributed by atoms with Crippen molar-refractivity contribution in [3.63, 3.8) is 0 Å². The molecule has 29 heavy (non-hydrogen) atoms. The van der Waals surface area contributed by atoms with Crippen LogP contribution in [-0.2, 0) is 18.3 Å². The Bertz CT molecular complexity index is 960. The highest BCUT2D eigenvalue weighted by molar-refractivity contribution is 6.30. The smallest absolute Gasteiger partial charge is 0.416 e. The molecule has 2 aromatic carbocycles. The molecule has 3 aromatic rings. The third kappa shape index (κ3) is 4.71. The molecule has 1 atom stereocenters. The number of hydrogen-bond acceptors (Lipinski definition) is 4. The zero-order valence-electron chi connectivity index (χ0n) is 15.7. The van der Waals surface area contributed by atoms with Gasteiger partial charge in [-0.2, -0.15) is 18.3 Å². The minimum atomic E-state index is -4.65. The second kappa shape index (κ2) is 8.04. The van der Waals surface area contributed by atoms with Gasteiger partial charge in [-0.15, -0.1) is 0 Å². The normalized spacial score (nSPS) is 14.1. The number of rotatable bonds is 6. The van der Waals surface area contributed by atoms with Gasteiger partial charge in [0.15, 0.2) is 0 Å². The van der Waals surface area contributed by atoms with Crippen LogP contribution in [0.25, 0.3) is 0 Å². The molecule has 1 aromatic heterocycles. The molecular formula is C20H19ClF3N3O2. The third-order valence-electron chi connectivity index (χ3n) is 4.64. The fourth-order valence-corrected chi connectivity index (χ4v) is 3.10. The second-order valence-corrected chi connectivity index (χ2v) is 7.37. The first-order valence-electron chi connectivity index (χ1n) is 8.79. The van der Waals surface area contributed by atoms with Crippen molar-refractivity contribution in [1.82, 2.24) is 14.8 Å². The second-order valence-electron chi connectivity index (χ2n) is 6.93. The first kappa shape index (κ1) is 21.1. The molecule has 0 aliphatic heterocycles. The van der Waals surface area contributed by atoms with E-state index in [1.807, 2.05) is 0 Å². The molecule has 1 N–H and O–H groups in total. The summed E-state index contributed by atoms with van der Waals surface area (Å²) in [5.41, 5.74) is -3.09. The van der Waals surface area contributed by atoms with Gasteiger partial charge in [-0.05, 0) is 48.4 Å². The van der Waals surface area contributed by atoms with E-state index in [-0.39, 0.29) is 17.9 Å². The van der Waals surface area contributed by atoms with E-state index < -0.39 is 23.3 Å². The summed E-state index contributed by atoms with van der Waals surface area (Å²) in [5, 5.41) is 15.8. The van der Waals surface area contributed by atoms with E-state index in [4.69, 9.17) is 16.3 Å². The lowest BCUT2D eigenvalue weighted by Crippen LogP contribution is -2.39. The van der Waals surface area contributed by atoms with Gasteiger partial charge in [0, 0.05) is 10.6 Å². The molecule has 0 unspecified atom stereocenters. The van der Waals surface area contributed by atoms with Gasteiger partial charge in [0.25, 0.3) is 0 Å². The number of halogens is 4. The van der Waals surface area contributed by atoms with Crippen LogP contribution in [0.3, 0.4) is 0 Å². The number of ether oxygens (including phenoxy) is 1. The van der Waals surface area contributed by atoms with E-state index in [9.17, 15) is 18.3 Å². The molecular weight excluding hydrogens is 407 g/mol. The average Bonchev–Trinajstić information content (AvgIpc) is 3.15. The lowest BCUT2D eigenvalue weighted by molar-refractivity contribution is -0.142. The monoisotopic (exact) mass is 425 g/mol. The van der Waals surface area contributed by atoms with Crippen LogP contribution in [0.1, 0.15) is 25.0 Å². The quantitative estimate of drug-likeness (QED) is 0.583. The van der Waals surface area contributed by atoms with Crippen LogP contribution in [-0.4, -0.2) is 19.9 Å². The average molecular weight is 426 g/mol. The van der Waals surface area contributed by atoms with E-state index in [1.165, 1.54) is 29.5 Å². The maximum absolute atomic E-state index is 13.7. The first-order valence-corrected chi connectivity index (χ1v) is 9.17. The zero-order valence-corrected chi connectivity index (χ0v) is 16.4. The molecule has 154 valence electrons. The highest BCUT2D eigenvalue weighted by atomic mass is 35.5. The van der Waals surface area contributed by atoms with Crippen LogP contribution in [0.4, 0.5) is 13.2 Å². The van der Waals surface area contributed by atoms with E-state index in [0.29, 0.717) is 10.8 Å². The molecule has 9 heteroatoms. The first-order chi connectivity index (χ1) is 13.6. The zero-order chi connectivity index (χ0) is 21.2. The number of alkyl halides is 3. The van der Waals surface area contributed by atoms with Gasteiger partial charge in [0.1, 0.15) is 29.8 Å². The summed E-state index contributed by atoms with van der Waals surface area (Å²) in [7, 11) is 0. The van der Waals surface area contributed by atoms with Gasteiger partial charge in [0.05, 0.1) is 12.1 Å². The maximum Gasteiger partial charge on any atom is 0.416 e. The summed E-state index contributed by atoms with van der Waals surface area (Å²) in [6.45, 7) is 3.09. The number of benzene rings is 2. The Morgan fingerprint density at radius 3 is 2.28 bits per heavy atom. The Balaban J connectivity index is 2.08. The summed E-state index contributed by atoms with van der Waals surface area (Å²) in [5.74, 6) is 0.0102. The Morgan fingerprint density at radius 1 is 1.07 bits per heavy atom. The molecule has 0 amide bonds. The van der Waals surface area contributed by atoms with Gasteiger partial charge in [-0.25, -0.2) is 9.67 Å². The van der Waals surface area contributed by atoms with Crippen molar-refractivity contribution in [2.24, 2.45) is 5.92 Å². The van der Waals surface area contributed by atoms with Crippen LogP contribution in [0.2, 0.25) is 5.02 Å². The Kier molecular flexibility index (Phi) is 5.86. The van der Waals surface area contributed by atoms with E-state index in [1.54, 1.807) is 38.1 Å². The van der Waals surface area contributed by atoms with Gasteiger partial charge < -0.3 is 9.84 Å². The van der Waals surface area contributed by atoms with Crippen LogP contribution in [0.15, 0.2) is 55.1 Å². The van der Waals surface area contributed by atoms with Gasteiger partial charge in [0.2, 0.25) is 0 Å². The van der Waals surface area contributed by atoms with E-state index in [0.717, 1.165) is 6.07 Å². The molecule has 0 spiro atoms. The van der Waals surface area contributed by atoms with Crippen molar-refractivity contribution in [1.29, 1.82) is 0 Å². The van der Waals surface area contributed by atoms with E-state index >= 15 is 0 Å². The molecule has 0 radical (unpaired) electrons. The van der Waals surface area contributed by atoms with E-state index in [2.05, 4.69) is 10.1 Å². The van der Waals surface area contributed by atoms with Gasteiger partial charge in [-0.1, -0.05) is 25.4 Å². The molecule has 0 saturated heterocycles. The number of aliphatic hydroxyl groups is 1. The van der Waals surface area contributed by atoms with Gasteiger partial charge >= 0.3 is 6.18 Å². The topological polar surface area (TPSA) is 60.2 Å². The lowest BCUT2D eigenvalue weighted by atomic mass is 9.80. The standard InChI is InChI=1S/C20H19ClF3N3O2/c1-13(2)19(28,10-27-12-25-11-26-27)18-9-16(7-8-17(18)20(22,23)24)29-15-5-3-14(21)4-6-15/h3-9,11-13,28H,10H2,1-2H3/t19-/m1/s1. The molecule has 0 aliphatic carbocycles. The molecule has 0 saturated carbocycles. The summed E-state index contributed by atoms with van der Waals surface area (Å²) < 4.78 is 48.1. The van der Waals surface area contributed by atoms with Crippen LogP contribution in [0, 0.1) is 5.92 Å². The molecule has 0 bridgehead atoms. The molecule has 1 heterocycles. The molecule has 0 fully saturated rings. The third-order valence-corrected chi connectivity index (χ3v) is 4.89. The van der Waals surface area contributed by atoms with Crippen LogP contribution in [0.5, 0.6) is 11.5 Å². The molecule has 0 aliphatic rings. The van der Waals surface area contributed by atoms with Gasteiger partial charge in [-0.3, -0.25) is 0 Å². The Morgan fingerprint density at radius 2 is 1.72 bits per heavy atom.